The number of anilines is 1. The summed E-state index contributed by atoms with van der Waals surface area (Å²) >= 11 is 0. The van der Waals surface area contributed by atoms with Gasteiger partial charge in [0, 0.05) is 24.8 Å². The molecule has 1 aromatic rings. The first-order valence-electron chi connectivity index (χ1n) is 6.65. The smallest absolute Gasteiger partial charge is 0.0703 e. The Labute approximate surface area is 102 Å². The van der Waals surface area contributed by atoms with Crippen LogP contribution in [0.25, 0.3) is 0 Å². The Bertz CT molecular complexity index is 372. The van der Waals surface area contributed by atoms with Crippen LogP contribution in [0.3, 0.4) is 0 Å². The van der Waals surface area contributed by atoms with Crippen LogP contribution in [0.4, 0.5) is 5.69 Å². The second-order valence-electron chi connectivity index (χ2n) is 5.45. The van der Waals surface area contributed by atoms with E-state index in [1.54, 1.807) is 6.20 Å². The summed E-state index contributed by atoms with van der Waals surface area (Å²) in [4.78, 5) is 6.67. The van der Waals surface area contributed by atoms with Gasteiger partial charge in [-0.25, -0.2) is 0 Å². The van der Waals surface area contributed by atoms with Crippen molar-refractivity contribution in [2.75, 3.05) is 18.0 Å². The third-order valence-electron chi connectivity index (χ3n) is 3.75. The molecule has 0 bridgehead atoms. The highest BCUT2D eigenvalue weighted by Gasteiger charge is 2.30. The van der Waals surface area contributed by atoms with E-state index in [0.29, 0.717) is 0 Å². The van der Waals surface area contributed by atoms with Crippen LogP contribution >= 0.6 is 0 Å². The normalized spacial score (nSPS) is 19.4. The van der Waals surface area contributed by atoms with Crippen LogP contribution in [0.2, 0.25) is 0 Å². The van der Waals surface area contributed by atoms with Crippen molar-refractivity contribution >= 4 is 5.69 Å². The van der Waals surface area contributed by atoms with E-state index in [1.807, 2.05) is 12.3 Å². The highest BCUT2D eigenvalue weighted by atomic mass is 16.3. The van der Waals surface area contributed by atoms with Crippen LogP contribution in [-0.4, -0.2) is 23.2 Å². The van der Waals surface area contributed by atoms with E-state index in [9.17, 15) is 5.11 Å². The zero-order chi connectivity index (χ0) is 11.7. The molecule has 1 N–H and O–H groups in total. The molecular formula is C14H20N2O. The van der Waals surface area contributed by atoms with Crippen LogP contribution in [0.5, 0.6) is 0 Å². The van der Waals surface area contributed by atoms with Gasteiger partial charge in [-0.1, -0.05) is 0 Å². The molecule has 0 amide bonds. The molecule has 0 aliphatic heterocycles. The van der Waals surface area contributed by atoms with Crippen molar-refractivity contribution in [1.82, 2.24) is 4.98 Å². The number of aromatic nitrogens is 1. The lowest BCUT2D eigenvalue weighted by Gasteiger charge is -2.26. The van der Waals surface area contributed by atoms with Gasteiger partial charge in [0.2, 0.25) is 0 Å². The molecule has 2 aliphatic rings. The predicted molar refractivity (Wildman–Crippen MR) is 67.8 cm³/mol. The lowest BCUT2D eigenvalue weighted by Crippen LogP contribution is -2.29. The maximum Gasteiger partial charge on any atom is 0.0703 e. The monoisotopic (exact) mass is 232 g/mol. The molecule has 3 nitrogen and oxygen atoms in total. The van der Waals surface area contributed by atoms with Crippen molar-refractivity contribution in [2.24, 2.45) is 11.8 Å². The van der Waals surface area contributed by atoms with Gasteiger partial charge in [-0.15, -0.1) is 0 Å². The van der Waals surface area contributed by atoms with E-state index in [0.717, 1.165) is 36.2 Å². The molecule has 3 heteroatoms. The van der Waals surface area contributed by atoms with E-state index in [4.69, 9.17) is 0 Å². The highest BCUT2D eigenvalue weighted by Crippen LogP contribution is 2.36. The molecule has 0 spiro atoms. The summed E-state index contributed by atoms with van der Waals surface area (Å²) in [5.41, 5.74) is 2.16. The Morgan fingerprint density at radius 1 is 1.18 bits per heavy atom. The average Bonchev–Trinajstić information content (AvgIpc) is 3.23. The summed E-state index contributed by atoms with van der Waals surface area (Å²) in [5, 5.41) is 9.41. The topological polar surface area (TPSA) is 36.4 Å². The van der Waals surface area contributed by atoms with Gasteiger partial charge in [0.15, 0.2) is 0 Å². The number of hydrogen-bond donors (Lipinski definition) is 1. The lowest BCUT2D eigenvalue weighted by molar-refractivity contribution is 0.282. The molecule has 2 fully saturated rings. The summed E-state index contributed by atoms with van der Waals surface area (Å²) in [7, 11) is 0. The second kappa shape index (κ2) is 4.65. The molecule has 1 heterocycles. The van der Waals surface area contributed by atoms with Gasteiger partial charge in [0.1, 0.15) is 0 Å². The molecular weight excluding hydrogens is 212 g/mol. The number of aliphatic hydroxyl groups excluding tert-OH is 1. The van der Waals surface area contributed by atoms with Gasteiger partial charge in [0.25, 0.3) is 0 Å². The van der Waals surface area contributed by atoms with E-state index >= 15 is 0 Å². The van der Waals surface area contributed by atoms with Crippen molar-refractivity contribution < 1.29 is 5.11 Å². The number of pyridine rings is 1. The fourth-order valence-corrected chi connectivity index (χ4v) is 2.33. The van der Waals surface area contributed by atoms with Crippen LogP contribution in [-0.2, 0) is 6.61 Å². The SMILES string of the molecule is OCc1ccncc1N(CC1CC1)CC1CC1. The molecule has 0 aromatic carbocycles. The second-order valence-corrected chi connectivity index (χ2v) is 5.45. The first-order valence-corrected chi connectivity index (χ1v) is 6.65. The van der Waals surface area contributed by atoms with Crippen LogP contribution in [0.15, 0.2) is 18.5 Å². The van der Waals surface area contributed by atoms with Crippen LogP contribution in [0, 0.1) is 11.8 Å². The molecule has 0 unspecified atom stereocenters. The van der Waals surface area contributed by atoms with Gasteiger partial charge in [-0.3, -0.25) is 4.98 Å². The van der Waals surface area contributed by atoms with E-state index < -0.39 is 0 Å². The molecule has 17 heavy (non-hydrogen) atoms. The standard InChI is InChI=1S/C14H20N2O/c17-10-13-5-6-15-7-14(13)16(8-11-1-2-11)9-12-3-4-12/h5-7,11-12,17H,1-4,8-10H2. The molecule has 0 saturated heterocycles. The van der Waals surface area contributed by atoms with Gasteiger partial charge >= 0.3 is 0 Å². The van der Waals surface area contributed by atoms with Gasteiger partial charge in [-0.2, -0.15) is 0 Å². The zero-order valence-corrected chi connectivity index (χ0v) is 10.2. The fraction of sp³-hybridized carbons (Fsp3) is 0.643. The molecule has 3 rings (SSSR count). The summed E-state index contributed by atoms with van der Waals surface area (Å²) < 4.78 is 0. The third-order valence-corrected chi connectivity index (χ3v) is 3.75. The largest absolute Gasteiger partial charge is 0.392 e. The number of nitrogens with zero attached hydrogens (tertiary/aromatic N) is 2. The lowest BCUT2D eigenvalue weighted by atomic mass is 10.2. The number of aliphatic hydroxyl groups is 1. The first kappa shape index (κ1) is 11.0. The molecule has 1 aromatic heterocycles. The minimum absolute atomic E-state index is 0.115. The molecule has 2 saturated carbocycles. The van der Waals surface area contributed by atoms with Crippen molar-refractivity contribution in [3.8, 4) is 0 Å². The van der Waals surface area contributed by atoms with E-state index in [-0.39, 0.29) is 6.61 Å². The molecule has 0 atom stereocenters. The third kappa shape index (κ3) is 2.78. The minimum Gasteiger partial charge on any atom is -0.392 e. The van der Waals surface area contributed by atoms with Crippen molar-refractivity contribution in [3.05, 3.63) is 24.0 Å². The van der Waals surface area contributed by atoms with Crippen molar-refractivity contribution in [1.29, 1.82) is 0 Å². The zero-order valence-electron chi connectivity index (χ0n) is 10.2. The van der Waals surface area contributed by atoms with E-state index in [2.05, 4.69) is 9.88 Å². The summed E-state index contributed by atoms with van der Waals surface area (Å²) in [6, 6.07) is 1.93. The fourth-order valence-electron chi connectivity index (χ4n) is 2.33. The Hall–Kier alpha value is -1.09. The van der Waals surface area contributed by atoms with Crippen molar-refractivity contribution in [2.45, 2.75) is 32.3 Å². The van der Waals surface area contributed by atoms with Crippen LogP contribution in [0.1, 0.15) is 31.2 Å². The van der Waals surface area contributed by atoms with Gasteiger partial charge in [-0.05, 0) is 43.6 Å². The Kier molecular flexibility index (Phi) is 3.02. The average molecular weight is 232 g/mol. The number of rotatable bonds is 6. The number of hydrogen-bond acceptors (Lipinski definition) is 3. The summed E-state index contributed by atoms with van der Waals surface area (Å²) in [6.07, 6.45) is 9.16. The Morgan fingerprint density at radius 3 is 2.35 bits per heavy atom. The summed E-state index contributed by atoms with van der Waals surface area (Å²) in [5.74, 6) is 1.75. The predicted octanol–water partition coefficient (Wildman–Crippen LogP) is 2.20. The quantitative estimate of drug-likeness (QED) is 0.817. The first-order chi connectivity index (χ1) is 8.36. The van der Waals surface area contributed by atoms with Gasteiger partial charge < -0.3 is 10.0 Å². The molecule has 2 aliphatic carbocycles. The highest BCUT2D eigenvalue weighted by molar-refractivity contribution is 5.51. The minimum atomic E-state index is 0.115. The molecule has 92 valence electrons. The Balaban J connectivity index is 1.78. The van der Waals surface area contributed by atoms with E-state index in [1.165, 1.54) is 25.7 Å². The summed E-state index contributed by atoms with van der Waals surface area (Å²) in [6.45, 7) is 2.41. The van der Waals surface area contributed by atoms with Crippen molar-refractivity contribution in [3.63, 3.8) is 0 Å². The molecule has 0 radical (unpaired) electrons. The maximum absolute atomic E-state index is 9.41. The van der Waals surface area contributed by atoms with Gasteiger partial charge in [0.05, 0.1) is 18.5 Å². The maximum atomic E-state index is 9.41. The van der Waals surface area contributed by atoms with Crippen LogP contribution < -0.4 is 4.90 Å². The Morgan fingerprint density at radius 2 is 1.82 bits per heavy atom.